The number of halogens is 4. The van der Waals surface area contributed by atoms with E-state index in [0.29, 0.717) is 0 Å². The summed E-state index contributed by atoms with van der Waals surface area (Å²) in [7, 11) is 8.48. The van der Waals surface area contributed by atoms with Crippen molar-refractivity contribution >= 4 is 84.0 Å². The minimum Gasteiger partial charge on any atom is -0.412 e. The molecule has 9 nitrogen and oxygen atoms in total. The Kier molecular flexibility index (Phi) is 21.0. The van der Waals surface area contributed by atoms with Crippen molar-refractivity contribution in [2.45, 2.75) is 24.9 Å². The number of benzene rings is 4. The van der Waals surface area contributed by atoms with Crippen molar-refractivity contribution in [3.63, 3.8) is 0 Å². The average Bonchev–Trinajstić information content (AvgIpc) is 3.44. The lowest BCUT2D eigenvalue weighted by molar-refractivity contribution is 0.402. The molecule has 0 aliphatic carbocycles. The number of fused-ring (bicyclic) bond motifs is 4. The second kappa shape index (κ2) is 24.5. The van der Waals surface area contributed by atoms with E-state index in [1.807, 2.05) is 24.5 Å². The maximum atomic E-state index is 4.74. The lowest BCUT2D eigenvalue weighted by atomic mass is 9.97. The Morgan fingerprint density at radius 1 is 0.475 bits per heavy atom. The third-order valence-electron chi connectivity index (χ3n) is 10.0. The fourth-order valence-corrected chi connectivity index (χ4v) is 7.46. The van der Waals surface area contributed by atoms with Crippen LogP contribution in [0.3, 0.4) is 0 Å². The molecule has 8 rings (SSSR count). The summed E-state index contributed by atoms with van der Waals surface area (Å²) in [4.78, 5) is 18.7. The second-order valence-electron chi connectivity index (χ2n) is 14.5. The second-order valence-corrected chi connectivity index (χ2v) is 14.5. The molecule has 4 aromatic carbocycles. The lowest BCUT2D eigenvalue weighted by Gasteiger charge is -2.26. The normalized spacial score (nSPS) is 14.3. The Morgan fingerprint density at radius 2 is 0.831 bits per heavy atom. The molecule has 2 aromatic heterocycles. The van der Waals surface area contributed by atoms with Gasteiger partial charge in [-0.3, -0.25) is 0 Å². The summed E-state index contributed by atoms with van der Waals surface area (Å²) in [5, 5.41) is 7.49. The van der Waals surface area contributed by atoms with Gasteiger partial charge in [-0.05, 0) is 102 Å². The van der Waals surface area contributed by atoms with Crippen LogP contribution in [0.5, 0.6) is 0 Å². The highest BCUT2D eigenvalue weighted by molar-refractivity contribution is 5.86. The van der Waals surface area contributed by atoms with Gasteiger partial charge in [0.25, 0.3) is 0 Å². The van der Waals surface area contributed by atoms with E-state index in [1.165, 1.54) is 33.6 Å². The molecule has 2 unspecified atom stereocenters. The Hall–Kier alpha value is -4.58. The van der Waals surface area contributed by atoms with E-state index in [4.69, 9.17) is 9.97 Å². The third-order valence-corrected chi connectivity index (χ3v) is 10.0. The fraction of sp³-hybridized carbons (Fsp3) is 0.261. The molecule has 4 heterocycles. The summed E-state index contributed by atoms with van der Waals surface area (Å²) in [6.07, 6.45) is 5.91. The smallest absolute Gasteiger partial charge is 0.156 e. The first-order valence-electron chi connectivity index (χ1n) is 19.0. The van der Waals surface area contributed by atoms with Gasteiger partial charge in [0.1, 0.15) is 0 Å². The molecule has 2 aliphatic rings. The van der Waals surface area contributed by atoms with Crippen molar-refractivity contribution in [3.8, 4) is 0 Å². The predicted octanol–water partition coefficient (Wildman–Crippen LogP) is 10.2. The SMILES string of the molecule is CN(C)CCCN1c2ccccc2C(c2ccccc2)Nc2cccnc21.CN(C)CCCN1c2ccccc2C(c2ccccc2)Nc2cccnc21.Cl.Cl.Cl.Cl.O. The highest BCUT2D eigenvalue weighted by Crippen LogP contribution is 2.44. The molecule has 59 heavy (non-hydrogen) atoms. The monoisotopic (exact) mass is 878 g/mol. The molecule has 0 fully saturated rings. The number of aromatic nitrogens is 2. The van der Waals surface area contributed by atoms with Crippen LogP contribution in [0.4, 0.5) is 34.4 Å². The largest absolute Gasteiger partial charge is 0.412 e. The van der Waals surface area contributed by atoms with Crippen LogP contribution < -0.4 is 20.4 Å². The highest BCUT2D eigenvalue weighted by Gasteiger charge is 2.29. The molecule has 0 saturated heterocycles. The minimum atomic E-state index is 0. The van der Waals surface area contributed by atoms with Gasteiger partial charge in [-0.1, -0.05) is 97.1 Å². The molecule has 2 atom stereocenters. The summed E-state index contributed by atoms with van der Waals surface area (Å²) in [6, 6.07) is 47.1. The van der Waals surface area contributed by atoms with Gasteiger partial charge in [-0.2, -0.15) is 0 Å². The standard InChI is InChI=1S/2C23H26N4.4ClH.H2O/c2*1-26(2)16-9-17-27-21-14-7-6-12-19(21)22(18-10-4-3-5-11-18)25-20-13-8-15-24-23(20)27;;;;;/h2*3-8,10-15,22,25H,9,16-17H2,1-2H3;4*1H;1H2. The van der Waals surface area contributed by atoms with E-state index < -0.39 is 0 Å². The van der Waals surface area contributed by atoms with Gasteiger partial charge in [0.2, 0.25) is 0 Å². The molecular weight excluding hydrogens is 822 g/mol. The molecule has 0 radical (unpaired) electrons. The van der Waals surface area contributed by atoms with Crippen molar-refractivity contribution < 1.29 is 5.48 Å². The Balaban J connectivity index is 0.000000375. The minimum absolute atomic E-state index is 0. The van der Waals surface area contributed by atoms with E-state index in [-0.39, 0.29) is 67.2 Å². The van der Waals surface area contributed by atoms with Crippen molar-refractivity contribution in [1.82, 2.24) is 19.8 Å². The number of nitrogens with one attached hydrogen (secondary N) is 2. The first-order chi connectivity index (χ1) is 26.5. The fourth-order valence-electron chi connectivity index (χ4n) is 7.46. The summed E-state index contributed by atoms with van der Waals surface area (Å²) in [5.41, 5.74) is 9.70. The summed E-state index contributed by atoms with van der Waals surface area (Å²) in [6.45, 7) is 3.97. The molecule has 6 aromatic rings. The van der Waals surface area contributed by atoms with Gasteiger partial charge in [0.05, 0.1) is 23.5 Å². The number of hydrogen-bond acceptors (Lipinski definition) is 8. The van der Waals surface area contributed by atoms with E-state index in [0.717, 1.165) is 62.0 Å². The third kappa shape index (κ3) is 12.2. The predicted molar refractivity (Wildman–Crippen MR) is 258 cm³/mol. The van der Waals surface area contributed by atoms with Gasteiger partial charge >= 0.3 is 0 Å². The molecule has 13 heteroatoms. The van der Waals surface area contributed by atoms with Gasteiger partial charge in [0, 0.05) is 48.0 Å². The maximum absolute atomic E-state index is 4.74. The van der Waals surface area contributed by atoms with Crippen molar-refractivity contribution in [3.05, 3.63) is 168 Å². The topological polar surface area (TPSA) is 94.3 Å². The van der Waals surface area contributed by atoms with Crippen LogP contribution in [-0.4, -0.2) is 79.6 Å². The maximum Gasteiger partial charge on any atom is 0.156 e. The van der Waals surface area contributed by atoms with Gasteiger partial charge in [0.15, 0.2) is 11.6 Å². The number of para-hydroxylation sites is 2. The number of rotatable bonds is 10. The van der Waals surface area contributed by atoms with E-state index in [1.54, 1.807) is 0 Å². The molecule has 0 amide bonds. The Morgan fingerprint density at radius 3 is 1.20 bits per heavy atom. The van der Waals surface area contributed by atoms with E-state index in [9.17, 15) is 0 Å². The van der Waals surface area contributed by atoms with Crippen molar-refractivity contribution in [1.29, 1.82) is 0 Å². The molecule has 316 valence electrons. The lowest BCUT2D eigenvalue weighted by Crippen LogP contribution is -2.24. The number of nitrogens with zero attached hydrogens (tertiary/aromatic N) is 6. The first kappa shape index (κ1) is 50.6. The highest BCUT2D eigenvalue weighted by atomic mass is 35.5. The number of pyridine rings is 2. The first-order valence-corrected chi connectivity index (χ1v) is 19.0. The number of hydrogen-bond donors (Lipinski definition) is 2. The van der Waals surface area contributed by atoms with Crippen LogP contribution in [0.15, 0.2) is 146 Å². The van der Waals surface area contributed by atoms with E-state index >= 15 is 0 Å². The quantitative estimate of drug-likeness (QED) is 0.141. The zero-order chi connectivity index (χ0) is 37.3. The molecule has 0 saturated carbocycles. The summed E-state index contributed by atoms with van der Waals surface area (Å²) >= 11 is 0. The van der Waals surface area contributed by atoms with Crippen LogP contribution in [0.1, 0.15) is 47.2 Å². The van der Waals surface area contributed by atoms with Gasteiger partial charge in [-0.25, -0.2) is 9.97 Å². The molecule has 4 N–H and O–H groups in total. The molecular formula is C46H58Cl4N8O. The Labute approximate surface area is 375 Å². The molecule has 2 aliphatic heterocycles. The summed E-state index contributed by atoms with van der Waals surface area (Å²) in [5.74, 6) is 2.00. The number of anilines is 6. The van der Waals surface area contributed by atoms with Crippen LogP contribution in [-0.2, 0) is 0 Å². The zero-order valence-electron chi connectivity index (χ0n) is 34.1. The van der Waals surface area contributed by atoms with Crippen molar-refractivity contribution in [2.24, 2.45) is 0 Å². The molecule has 0 bridgehead atoms. The Bertz CT molecular complexity index is 1960. The average molecular weight is 881 g/mol. The molecule has 0 spiro atoms. The van der Waals surface area contributed by atoms with Crippen LogP contribution in [0, 0.1) is 0 Å². The van der Waals surface area contributed by atoms with Crippen LogP contribution >= 0.6 is 49.6 Å². The van der Waals surface area contributed by atoms with Crippen LogP contribution in [0.2, 0.25) is 0 Å². The summed E-state index contributed by atoms with van der Waals surface area (Å²) < 4.78 is 0. The zero-order valence-corrected chi connectivity index (χ0v) is 37.3. The van der Waals surface area contributed by atoms with E-state index in [2.05, 4.69) is 180 Å². The van der Waals surface area contributed by atoms with Gasteiger partial charge in [-0.15, -0.1) is 49.6 Å². The van der Waals surface area contributed by atoms with Crippen molar-refractivity contribution in [2.75, 3.05) is 74.8 Å². The van der Waals surface area contributed by atoms with Gasteiger partial charge < -0.3 is 35.7 Å². The van der Waals surface area contributed by atoms with Crippen LogP contribution in [0.25, 0.3) is 0 Å².